The van der Waals surface area contributed by atoms with Crippen molar-refractivity contribution in [3.63, 3.8) is 0 Å². The van der Waals surface area contributed by atoms with Gasteiger partial charge in [-0.15, -0.1) is 0 Å². The second-order valence-corrected chi connectivity index (χ2v) is 6.91. The summed E-state index contributed by atoms with van der Waals surface area (Å²) in [7, 11) is 3.25. The molecular formula is C22H23N3O3. The van der Waals surface area contributed by atoms with E-state index in [0.717, 1.165) is 46.8 Å². The summed E-state index contributed by atoms with van der Waals surface area (Å²) < 4.78 is 10.7. The standard InChI is InChI=1S/C22H23N3O3/c1-27-16-7-5-6-14(12-16)13-19(26)23-22-20(15-10-11-15)24-25-21(22)17-8-3-4-9-18(17)28-2/h3-9,12,15H,10-11,13H2,1-2H3,(H,23,26)(H,24,25). The minimum atomic E-state index is -0.0901. The number of hydrogen-bond donors (Lipinski definition) is 2. The number of benzene rings is 2. The summed E-state index contributed by atoms with van der Waals surface area (Å²) in [5.74, 6) is 1.79. The van der Waals surface area contributed by atoms with Gasteiger partial charge < -0.3 is 14.8 Å². The Balaban J connectivity index is 1.63. The molecule has 0 saturated heterocycles. The Morgan fingerprint density at radius 2 is 1.96 bits per heavy atom. The van der Waals surface area contributed by atoms with Gasteiger partial charge in [0.15, 0.2) is 0 Å². The fourth-order valence-corrected chi connectivity index (χ4v) is 3.34. The molecule has 1 amide bonds. The summed E-state index contributed by atoms with van der Waals surface area (Å²) in [6.45, 7) is 0. The van der Waals surface area contributed by atoms with Crippen molar-refractivity contribution < 1.29 is 14.3 Å². The molecule has 1 fully saturated rings. The van der Waals surface area contributed by atoms with Crippen molar-refractivity contribution in [2.45, 2.75) is 25.2 Å². The minimum absolute atomic E-state index is 0.0901. The van der Waals surface area contributed by atoms with Gasteiger partial charge in [-0.3, -0.25) is 9.89 Å². The van der Waals surface area contributed by atoms with E-state index in [1.165, 1.54) is 0 Å². The molecule has 6 nitrogen and oxygen atoms in total. The van der Waals surface area contributed by atoms with Crippen molar-refractivity contribution in [3.05, 3.63) is 59.8 Å². The van der Waals surface area contributed by atoms with Gasteiger partial charge in [-0.2, -0.15) is 5.10 Å². The Kier molecular flexibility index (Phi) is 5.02. The lowest BCUT2D eigenvalue weighted by Gasteiger charge is -2.11. The highest BCUT2D eigenvalue weighted by atomic mass is 16.5. The van der Waals surface area contributed by atoms with Gasteiger partial charge in [0.05, 0.1) is 32.0 Å². The number of nitrogens with one attached hydrogen (secondary N) is 2. The van der Waals surface area contributed by atoms with E-state index >= 15 is 0 Å². The number of aromatic nitrogens is 2. The molecule has 1 saturated carbocycles. The number of carbonyl (C=O) groups excluding carboxylic acids is 1. The van der Waals surface area contributed by atoms with Gasteiger partial charge in [-0.05, 0) is 42.7 Å². The highest BCUT2D eigenvalue weighted by molar-refractivity contribution is 5.97. The third kappa shape index (κ3) is 3.71. The number of ether oxygens (including phenoxy) is 2. The van der Waals surface area contributed by atoms with Gasteiger partial charge in [-0.1, -0.05) is 24.3 Å². The van der Waals surface area contributed by atoms with Crippen LogP contribution < -0.4 is 14.8 Å². The van der Waals surface area contributed by atoms with Crippen LogP contribution in [-0.4, -0.2) is 30.3 Å². The van der Waals surface area contributed by atoms with E-state index in [9.17, 15) is 4.79 Å². The van der Waals surface area contributed by atoms with Gasteiger partial charge in [0.2, 0.25) is 5.91 Å². The molecule has 1 heterocycles. The number of aromatic amines is 1. The van der Waals surface area contributed by atoms with Crippen molar-refractivity contribution in [1.29, 1.82) is 0 Å². The number of hydrogen-bond acceptors (Lipinski definition) is 4. The molecule has 1 aliphatic carbocycles. The third-order valence-corrected chi connectivity index (χ3v) is 4.91. The first-order valence-electron chi connectivity index (χ1n) is 9.34. The zero-order chi connectivity index (χ0) is 19.5. The van der Waals surface area contributed by atoms with Crippen LogP contribution in [0.15, 0.2) is 48.5 Å². The normalized spacial score (nSPS) is 13.2. The predicted octanol–water partition coefficient (Wildman–Crippen LogP) is 4.15. The van der Waals surface area contributed by atoms with Crippen LogP contribution in [0.2, 0.25) is 0 Å². The Morgan fingerprint density at radius 3 is 2.71 bits per heavy atom. The Morgan fingerprint density at radius 1 is 1.14 bits per heavy atom. The van der Waals surface area contributed by atoms with E-state index in [-0.39, 0.29) is 12.3 Å². The van der Waals surface area contributed by atoms with Crippen molar-refractivity contribution in [1.82, 2.24) is 10.2 Å². The molecule has 0 unspecified atom stereocenters. The van der Waals surface area contributed by atoms with Crippen LogP contribution in [-0.2, 0) is 11.2 Å². The van der Waals surface area contributed by atoms with Crippen LogP contribution >= 0.6 is 0 Å². The molecule has 4 rings (SSSR count). The first-order chi connectivity index (χ1) is 13.7. The maximum absolute atomic E-state index is 12.8. The molecule has 2 aromatic carbocycles. The maximum atomic E-state index is 12.8. The number of carbonyl (C=O) groups is 1. The van der Waals surface area contributed by atoms with E-state index in [0.29, 0.717) is 11.6 Å². The summed E-state index contributed by atoms with van der Waals surface area (Å²) in [6, 6.07) is 15.2. The Hall–Kier alpha value is -3.28. The van der Waals surface area contributed by atoms with Gasteiger partial charge in [0, 0.05) is 11.5 Å². The molecule has 3 aromatic rings. The first-order valence-corrected chi connectivity index (χ1v) is 9.34. The highest BCUT2D eigenvalue weighted by Gasteiger charge is 2.31. The molecule has 144 valence electrons. The average Bonchev–Trinajstić information content (AvgIpc) is 3.49. The smallest absolute Gasteiger partial charge is 0.228 e. The Labute approximate surface area is 163 Å². The third-order valence-electron chi connectivity index (χ3n) is 4.91. The zero-order valence-electron chi connectivity index (χ0n) is 16.0. The second kappa shape index (κ2) is 7.76. The van der Waals surface area contributed by atoms with Crippen molar-refractivity contribution in [2.24, 2.45) is 0 Å². The number of anilines is 1. The Bertz CT molecular complexity index is 992. The molecule has 0 radical (unpaired) electrons. The van der Waals surface area contributed by atoms with Crippen LogP contribution in [0.4, 0.5) is 5.69 Å². The van der Waals surface area contributed by atoms with Crippen LogP contribution in [0.25, 0.3) is 11.3 Å². The number of H-pyrrole nitrogens is 1. The molecule has 0 atom stereocenters. The van der Waals surface area contributed by atoms with Crippen LogP contribution in [0.1, 0.15) is 30.0 Å². The monoisotopic (exact) mass is 377 g/mol. The van der Waals surface area contributed by atoms with Crippen molar-refractivity contribution >= 4 is 11.6 Å². The molecule has 28 heavy (non-hydrogen) atoms. The molecular weight excluding hydrogens is 354 g/mol. The van der Waals surface area contributed by atoms with E-state index < -0.39 is 0 Å². The molecule has 0 aliphatic heterocycles. The average molecular weight is 377 g/mol. The van der Waals surface area contributed by atoms with Gasteiger partial charge in [-0.25, -0.2) is 0 Å². The number of para-hydroxylation sites is 1. The van der Waals surface area contributed by atoms with Gasteiger partial charge >= 0.3 is 0 Å². The number of nitrogens with zero attached hydrogens (tertiary/aromatic N) is 1. The largest absolute Gasteiger partial charge is 0.497 e. The topological polar surface area (TPSA) is 76.2 Å². The summed E-state index contributed by atoms with van der Waals surface area (Å²) in [4.78, 5) is 12.8. The lowest BCUT2D eigenvalue weighted by molar-refractivity contribution is -0.115. The van der Waals surface area contributed by atoms with E-state index in [1.54, 1.807) is 14.2 Å². The first kappa shape index (κ1) is 18.1. The lowest BCUT2D eigenvalue weighted by atomic mass is 10.1. The van der Waals surface area contributed by atoms with Crippen LogP contribution in [0, 0.1) is 0 Å². The maximum Gasteiger partial charge on any atom is 0.228 e. The summed E-state index contributed by atoms with van der Waals surface area (Å²) in [5, 5.41) is 10.7. The molecule has 2 N–H and O–H groups in total. The van der Waals surface area contributed by atoms with Gasteiger partial charge in [0.1, 0.15) is 17.2 Å². The molecule has 1 aliphatic rings. The molecule has 0 bridgehead atoms. The summed E-state index contributed by atoms with van der Waals surface area (Å²) >= 11 is 0. The lowest BCUT2D eigenvalue weighted by Crippen LogP contribution is -2.15. The van der Waals surface area contributed by atoms with E-state index in [2.05, 4.69) is 15.5 Å². The number of amides is 1. The summed E-state index contributed by atoms with van der Waals surface area (Å²) in [5.41, 5.74) is 4.19. The molecule has 1 aromatic heterocycles. The zero-order valence-corrected chi connectivity index (χ0v) is 16.0. The predicted molar refractivity (Wildman–Crippen MR) is 108 cm³/mol. The van der Waals surface area contributed by atoms with E-state index in [4.69, 9.17) is 9.47 Å². The van der Waals surface area contributed by atoms with Crippen molar-refractivity contribution in [3.8, 4) is 22.8 Å². The SMILES string of the molecule is COc1cccc(CC(=O)Nc2c(-c3ccccc3OC)n[nH]c2C2CC2)c1. The number of methoxy groups -OCH3 is 2. The fourth-order valence-electron chi connectivity index (χ4n) is 3.34. The van der Waals surface area contributed by atoms with Crippen LogP contribution in [0.3, 0.4) is 0 Å². The molecule has 6 heteroatoms. The van der Waals surface area contributed by atoms with Crippen molar-refractivity contribution in [2.75, 3.05) is 19.5 Å². The number of rotatable bonds is 7. The highest BCUT2D eigenvalue weighted by Crippen LogP contribution is 2.46. The quantitative estimate of drug-likeness (QED) is 0.648. The van der Waals surface area contributed by atoms with Crippen LogP contribution in [0.5, 0.6) is 11.5 Å². The van der Waals surface area contributed by atoms with E-state index in [1.807, 2.05) is 48.5 Å². The second-order valence-electron chi connectivity index (χ2n) is 6.91. The summed E-state index contributed by atoms with van der Waals surface area (Å²) in [6.07, 6.45) is 2.47. The van der Waals surface area contributed by atoms with Gasteiger partial charge in [0.25, 0.3) is 0 Å². The molecule has 0 spiro atoms. The minimum Gasteiger partial charge on any atom is -0.497 e. The fraction of sp³-hybridized carbons (Fsp3) is 0.273.